The Morgan fingerprint density at radius 2 is 2.04 bits per heavy atom. The molecule has 0 amide bonds. The van der Waals surface area contributed by atoms with Crippen molar-refractivity contribution in [2.75, 3.05) is 0 Å². The van der Waals surface area contributed by atoms with Gasteiger partial charge >= 0.3 is 5.82 Å². The minimum Gasteiger partial charge on any atom is -0.478 e. The van der Waals surface area contributed by atoms with Crippen LogP contribution in [0.3, 0.4) is 0 Å². The number of rotatable bonds is 4. The minimum absolute atomic E-state index is 0.0452. The fraction of sp³-hybridized carbons (Fsp3) is 0.312. The third-order valence-corrected chi connectivity index (χ3v) is 3.08. The molecule has 0 N–H and O–H groups in total. The number of benzene rings is 1. The first kappa shape index (κ1) is 18.6. The Labute approximate surface area is 136 Å². The lowest BCUT2D eigenvalue weighted by Gasteiger charge is -2.17. The standard InChI is InChI=1S/C14H12BFN2O3.C2H6/c1-8-11(4-3-5-12(8)16)9(2)21-13-6-10(15)7-17-14(13)18(19)20;1-2/h3-7,9H,1-2H3;1-2H3. The lowest BCUT2D eigenvalue weighted by molar-refractivity contribution is -0.390. The average molecular weight is 316 g/mol. The third-order valence-electron chi connectivity index (χ3n) is 3.08. The zero-order chi connectivity index (χ0) is 17.6. The van der Waals surface area contributed by atoms with Crippen molar-refractivity contribution in [3.05, 3.63) is 57.5 Å². The van der Waals surface area contributed by atoms with Crippen LogP contribution in [0.4, 0.5) is 10.2 Å². The highest BCUT2D eigenvalue weighted by atomic mass is 19.1. The van der Waals surface area contributed by atoms with Crippen molar-refractivity contribution in [1.29, 1.82) is 0 Å². The van der Waals surface area contributed by atoms with E-state index < -0.39 is 16.8 Å². The van der Waals surface area contributed by atoms with Crippen LogP contribution in [0.2, 0.25) is 0 Å². The number of hydrogen-bond donors (Lipinski definition) is 0. The Hall–Kier alpha value is -2.44. The smallest absolute Gasteiger partial charge is 0.406 e. The highest BCUT2D eigenvalue weighted by molar-refractivity contribution is 6.32. The van der Waals surface area contributed by atoms with Gasteiger partial charge < -0.3 is 14.9 Å². The van der Waals surface area contributed by atoms with Gasteiger partial charge in [0.15, 0.2) is 0 Å². The van der Waals surface area contributed by atoms with Crippen molar-refractivity contribution in [2.45, 2.75) is 33.8 Å². The molecule has 0 aliphatic rings. The molecule has 0 saturated heterocycles. The molecule has 1 unspecified atom stereocenters. The second-order valence-corrected chi connectivity index (χ2v) is 4.56. The first-order valence-electron chi connectivity index (χ1n) is 7.21. The number of halogens is 1. The molecule has 2 rings (SSSR count). The van der Waals surface area contributed by atoms with Gasteiger partial charge in [-0.1, -0.05) is 26.0 Å². The Balaban J connectivity index is 0.00000127. The summed E-state index contributed by atoms with van der Waals surface area (Å²) < 4.78 is 19.1. The molecule has 1 aromatic carbocycles. The average Bonchev–Trinajstić information content (AvgIpc) is 2.51. The quantitative estimate of drug-likeness (QED) is 0.493. The summed E-state index contributed by atoms with van der Waals surface area (Å²) in [6.07, 6.45) is 0.603. The van der Waals surface area contributed by atoms with E-state index >= 15 is 0 Å². The molecule has 7 heteroatoms. The topological polar surface area (TPSA) is 65.3 Å². The summed E-state index contributed by atoms with van der Waals surface area (Å²) in [5.41, 5.74) is 1.29. The molecule has 0 bridgehead atoms. The lowest BCUT2D eigenvalue weighted by Crippen LogP contribution is -2.12. The molecule has 0 aliphatic carbocycles. The van der Waals surface area contributed by atoms with Crippen LogP contribution in [0.5, 0.6) is 5.75 Å². The van der Waals surface area contributed by atoms with E-state index in [-0.39, 0.29) is 17.0 Å². The molecule has 0 aliphatic heterocycles. The molecule has 1 heterocycles. The van der Waals surface area contributed by atoms with E-state index in [9.17, 15) is 14.5 Å². The van der Waals surface area contributed by atoms with E-state index in [0.29, 0.717) is 11.1 Å². The van der Waals surface area contributed by atoms with Gasteiger partial charge in [0.05, 0.1) is 0 Å². The molecule has 2 aromatic rings. The van der Waals surface area contributed by atoms with Gasteiger partial charge in [-0.3, -0.25) is 0 Å². The van der Waals surface area contributed by atoms with Crippen molar-refractivity contribution >= 4 is 19.1 Å². The normalized spacial score (nSPS) is 11.2. The van der Waals surface area contributed by atoms with Crippen LogP contribution in [-0.2, 0) is 0 Å². The predicted molar refractivity (Wildman–Crippen MR) is 87.8 cm³/mol. The zero-order valence-electron chi connectivity index (χ0n) is 13.5. The van der Waals surface area contributed by atoms with Crippen molar-refractivity contribution in [3.63, 3.8) is 0 Å². The van der Waals surface area contributed by atoms with E-state index in [1.54, 1.807) is 26.0 Å². The largest absolute Gasteiger partial charge is 0.478 e. The Morgan fingerprint density at radius 3 is 2.65 bits per heavy atom. The van der Waals surface area contributed by atoms with Crippen molar-refractivity contribution in [1.82, 2.24) is 4.98 Å². The van der Waals surface area contributed by atoms with Crippen molar-refractivity contribution in [3.8, 4) is 5.75 Å². The Bertz CT molecular complexity index is 695. The molecule has 0 fully saturated rings. The minimum atomic E-state index is -0.653. The summed E-state index contributed by atoms with van der Waals surface area (Å²) in [7, 11) is 5.57. The van der Waals surface area contributed by atoms with E-state index in [2.05, 4.69) is 4.98 Å². The monoisotopic (exact) mass is 316 g/mol. The van der Waals surface area contributed by atoms with Crippen molar-refractivity contribution < 1.29 is 14.1 Å². The van der Waals surface area contributed by atoms with Crippen LogP contribution in [0, 0.1) is 22.9 Å². The second-order valence-electron chi connectivity index (χ2n) is 4.56. The highest BCUT2D eigenvalue weighted by Gasteiger charge is 2.21. The summed E-state index contributed by atoms with van der Waals surface area (Å²) in [6, 6.07) is 5.94. The highest BCUT2D eigenvalue weighted by Crippen LogP contribution is 2.29. The number of nitro groups is 1. The van der Waals surface area contributed by atoms with Crippen LogP contribution in [-0.4, -0.2) is 17.8 Å². The van der Waals surface area contributed by atoms with E-state index in [1.165, 1.54) is 18.3 Å². The van der Waals surface area contributed by atoms with Crippen molar-refractivity contribution in [2.24, 2.45) is 0 Å². The molecule has 5 nitrogen and oxygen atoms in total. The summed E-state index contributed by atoms with van der Waals surface area (Å²) in [6.45, 7) is 7.30. The first-order chi connectivity index (χ1) is 10.9. The maximum atomic E-state index is 13.6. The van der Waals surface area contributed by atoms with Gasteiger partial charge in [0.2, 0.25) is 5.75 Å². The zero-order valence-corrected chi connectivity index (χ0v) is 13.5. The van der Waals surface area contributed by atoms with Gasteiger partial charge in [-0.05, 0) is 52.5 Å². The van der Waals surface area contributed by atoms with E-state index in [4.69, 9.17) is 12.6 Å². The van der Waals surface area contributed by atoms with Gasteiger partial charge in [0, 0.05) is 0 Å². The molecule has 2 radical (unpaired) electrons. The van der Waals surface area contributed by atoms with Gasteiger partial charge in [-0.2, -0.15) is 0 Å². The summed E-state index contributed by atoms with van der Waals surface area (Å²) in [5, 5.41) is 10.9. The molecule has 0 saturated carbocycles. The van der Waals surface area contributed by atoms with Gasteiger partial charge in [0.25, 0.3) is 0 Å². The number of nitrogens with zero attached hydrogens (tertiary/aromatic N) is 2. The van der Waals surface area contributed by atoms with Crippen LogP contribution in [0.15, 0.2) is 30.5 Å². The molecule has 1 atom stereocenters. The summed E-state index contributed by atoms with van der Waals surface area (Å²) in [4.78, 5) is 13.9. The fourth-order valence-electron chi connectivity index (χ4n) is 1.99. The fourth-order valence-corrected chi connectivity index (χ4v) is 1.99. The summed E-state index contributed by atoms with van der Waals surface area (Å²) in [5.74, 6) is -0.829. The number of ether oxygens (including phenoxy) is 1. The number of aromatic nitrogens is 1. The summed E-state index contributed by atoms with van der Waals surface area (Å²) >= 11 is 0. The Morgan fingerprint density at radius 1 is 1.39 bits per heavy atom. The van der Waals surface area contributed by atoms with Gasteiger partial charge in [-0.15, -0.1) is 0 Å². The molecule has 120 valence electrons. The molecular weight excluding hydrogens is 298 g/mol. The maximum absolute atomic E-state index is 13.6. The van der Waals surface area contributed by atoms with E-state index in [0.717, 1.165) is 0 Å². The molecular formula is C16H18BFN2O3. The number of pyridine rings is 1. The van der Waals surface area contributed by atoms with Crippen LogP contribution in [0.1, 0.15) is 38.0 Å². The third kappa shape index (κ3) is 4.51. The lowest BCUT2D eigenvalue weighted by atomic mass is 9.98. The molecule has 0 spiro atoms. The second kappa shape index (κ2) is 8.26. The van der Waals surface area contributed by atoms with Gasteiger partial charge in [-0.25, -0.2) is 4.39 Å². The van der Waals surface area contributed by atoms with Crippen LogP contribution in [0.25, 0.3) is 0 Å². The maximum Gasteiger partial charge on any atom is 0.406 e. The SMILES string of the molecule is CC.[B]c1cnc([N+](=O)[O-])c(OC(C)c2cccc(F)c2C)c1. The van der Waals surface area contributed by atoms with E-state index in [1.807, 2.05) is 13.8 Å². The van der Waals surface area contributed by atoms with Crippen LogP contribution >= 0.6 is 0 Å². The van der Waals surface area contributed by atoms with Gasteiger partial charge in [0.1, 0.15) is 26.0 Å². The predicted octanol–water partition coefficient (Wildman–Crippen LogP) is 3.40. The Kier molecular flexibility index (Phi) is 6.69. The molecule has 1 aromatic heterocycles. The number of hydrogen-bond acceptors (Lipinski definition) is 4. The molecule has 23 heavy (non-hydrogen) atoms. The first-order valence-corrected chi connectivity index (χ1v) is 7.21. The van der Waals surface area contributed by atoms with Crippen LogP contribution < -0.4 is 10.2 Å².